The lowest BCUT2D eigenvalue weighted by molar-refractivity contribution is -0.991. The molecule has 0 saturated heterocycles. The quantitative estimate of drug-likeness (QED) is 0.532. The fourth-order valence-electron chi connectivity index (χ4n) is 2.53. The third-order valence-electron chi connectivity index (χ3n) is 3.47. The maximum absolute atomic E-state index is 12.5. The van der Waals surface area contributed by atoms with Crippen molar-refractivity contribution in [3.05, 3.63) is 69.4 Å². The van der Waals surface area contributed by atoms with Gasteiger partial charge >= 0.3 is 0 Å². The van der Waals surface area contributed by atoms with Crippen LogP contribution in [0.15, 0.2) is 36.4 Å². The molecule has 0 aromatic heterocycles. The first-order valence-corrected chi connectivity index (χ1v) is 6.10. The zero-order valence-corrected chi connectivity index (χ0v) is 10.6. The highest BCUT2D eigenvalue weighted by Crippen LogP contribution is 2.31. The molecule has 3 rings (SSSR count). The van der Waals surface area contributed by atoms with Crippen LogP contribution in [0.25, 0.3) is 0 Å². The number of nitrogens with one attached hydrogen (secondary N) is 1. The van der Waals surface area contributed by atoms with Gasteiger partial charge in [0.05, 0.1) is 11.1 Å². The Balaban J connectivity index is 2.38. The molecule has 1 aliphatic carbocycles. The summed E-state index contributed by atoms with van der Waals surface area (Å²) in [5, 5.41) is 19.3. The molecule has 0 heterocycles. The van der Waals surface area contributed by atoms with Crippen molar-refractivity contribution < 1.29 is 24.8 Å². The molecule has 104 valence electrons. The van der Waals surface area contributed by atoms with Gasteiger partial charge in [-0.1, -0.05) is 24.3 Å². The molecule has 0 amide bonds. The molecule has 0 bridgehead atoms. The highest BCUT2D eigenvalue weighted by atomic mass is 16.8. The van der Waals surface area contributed by atoms with Crippen molar-refractivity contribution in [1.29, 1.82) is 0 Å². The van der Waals surface area contributed by atoms with E-state index < -0.39 is 22.5 Å². The molecule has 1 atom stereocenters. The average Bonchev–Trinajstić information content (AvgIpc) is 2.51. The van der Waals surface area contributed by atoms with Gasteiger partial charge in [0.15, 0.2) is 17.8 Å². The second-order valence-corrected chi connectivity index (χ2v) is 4.58. The predicted molar refractivity (Wildman–Crippen MR) is 70.9 cm³/mol. The molecule has 0 spiro atoms. The molecule has 0 aliphatic heterocycles. The summed E-state index contributed by atoms with van der Waals surface area (Å²) in [5.74, 6) is -0.971. The Hall–Kier alpha value is -2.67. The molecular weight excluding hydrogens is 274 g/mol. The number of carbonyl (C=O) groups excluding carboxylic acids is 3. The summed E-state index contributed by atoms with van der Waals surface area (Å²) in [6.45, 7) is 0. The summed E-state index contributed by atoms with van der Waals surface area (Å²) in [5.41, 5.74) is -0.347. The van der Waals surface area contributed by atoms with Crippen molar-refractivity contribution in [1.82, 2.24) is 0 Å². The van der Waals surface area contributed by atoms with E-state index in [1.165, 1.54) is 24.3 Å². The molecule has 1 unspecified atom stereocenters. The Morgan fingerprint density at radius 1 is 0.952 bits per heavy atom. The Kier molecular flexibility index (Phi) is 2.99. The molecular formula is C15H9NO5. The summed E-state index contributed by atoms with van der Waals surface area (Å²) < 4.78 is 0. The molecule has 6 nitrogen and oxygen atoms in total. The van der Waals surface area contributed by atoms with Gasteiger partial charge in [-0.3, -0.25) is 14.4 Å². The Bertz CT molecular complexity index is 795. The normalized spacial score (nSPS) is 14.4. The monoisotopic (exact) mass is 283 g/mol. The van der Waals surface area contributed by atoms with Gasteiger partial charge in [0, 0.05) is 16.7 Å². The minimum atomic E-state index is -1.41. The lowest BCUT2D eigenvalue weighted by Crippen LogP contribution is -2.99. The van der Waals surface area contributed by atoms with Gasteiger partial charge in [-0.2, -0.15) is 5.23 Å². The van der Waals surface area contributed by atoms with E-state index >= 15 is 0 Å². The first-order chi connectivity index (χ1) is 10.1. The van der Waals surface area contributed by atoms with Crippen LogP contribution in [0.3, 0.4) is 0 Å². The van der Waals surface area contributed by atoms with E-state index in [4.69, 9.17) is 0 Å². The standard InChI is InChI=1S/C15H9NO5/c17-7-8-5-6-11-12(13(8)16(20)21)15(19)10-4-2-1-3-9(10)14(11)18/h1-7,16,20H. The smallest absolute Gasteiger partial charge is 0.200 e. The molecule has 2 N–H and O–H groups in total. The van der Waals surface area contributed by atoms with E-state index in [-0.39, 0.29) is 27.8 Å². The van der Waals surface area contributed by atoms with Crippen LogP contribution in [-0.4, -0.2) is 23.1 Å². The van der Waals surface area contributed by atoms with E-state index in [1.807, 2.05) is 0 Å². The lowest BCUT2D eigenvalue weighted by atomic mass is 9.82. The SMILES string of the molecule is O=Cc1ccc2c(c1[NH+]([O-])O)C(=O)c1ccccc1C2=O. The maximum Gasteiger partial charge on any atom is 0.200 e. The first-order valence-electron chi connectivity index (χ1n) is 6.10. The van der Waals surface area contributed by atoms with Crippen molar-refractivity contribution >= 4 is 23.5 Å². The Labute approximate surface area is 118 Å². The van der Waals surface area contributed by atoms with Gasteiger partial charge < -0.3 is 5.21 Å². The number of aldehydes is 1. The fraction of sp³-hybridized carbons (Fsp3) is 0. The number of carbonyl (C=O) groups is 3. The van der Waals surface area contributed by atoms with Crippen LogP contribution in [0.4, 0.5) is 5.69 Å². The topological polar surface area (TPSA) is 98.9 Å². The molecule has 1 aliphatic rings. The van der Waals surface area contributed by atoms with Gasteiger partial charge in [-0.25, -0.2) is 5.21 Å². The van der Waals surface area contributed by atoms with Gasteiger partial charge in [-0.05, 0) is 12.1 Å². The third kappa shape index (κ3) is 1.82. The summed E-state index contributed by atoms with van der Waals surface area (Å²) in [6, 6.07) is 8.78. The van der Waals surface area contributed by atoms with Crippen LogP contribution in [0.2, 0.25) is 0 Å². The molecule has 2 aromatic rings. The van der Waals surface area contributed by atoms with Crippen molar-refractivity contribution in [2.24, 2.45) is 0 Å². The molecule has 0 saturated carbocycles. The second-order valence-electron chi connectivity index (χ2n) is 4.58. The number of rotatable bonds is 2. The van der Waals surface area contributed by atoms with E-state index in [0.717, 1.165) is 0 Å². The number of benzene rings is 2. The number of hydrogen-bond acceptors (Lipinski definition) is 5. The Morgan fingerprint density at radius 2 is 1.57 bits per heavy atom. The first kappa shape index (κ1) is 13.3. The van der Waals surface area contributed by atoms with Crippen LogP contribution in [0, 0.1) is 5.21 Å². The largest absolute Gasteiger partial charge is 0.595 e. The minimum Gasteiger partial charge on any atom is -0.595 e. The van der Waals surface area contributed by atoms with Crippen molar-refractivity contribution in [2.75, 3.05) is 0 Å². The van der Waals surface area contributed by atoms with E-state index in [0.29, 0.717) is 6.29 Å². The Morgan fingerprint density at radius 3 is 2.14 bits per heavy atom. The van der Waals surface area contributed by atoms with Crippen LogP contribution in [0.1, 0.15) is 42.2 Å². The van der Waals surface area contributed by atoms with Crippen LogP contribution >= 0.6 is 0 Å². The van der Waals surface area contributed by atoms with E-state index in [1.54, 1.807) is 12.1 Å². The van der Waals surface area contributed by atoms with Crippen molar-refractivity contribution in [3.63, 3.8) is 0 Å². The summed E-state index contributed by atoms with van der Waals surface area (Å²) in [7, 11) is 0. The third-order valence-corrected chi connectivity index (χ3v) is 3.47. The second kappa shape index (κ2) is 4.71. The number of ketones is 2. The zero-order chi connectivity index (χ0) is 15.1. The maximum atomic E-state index is 12.5. The number of hydrogen-bond donors (Lipinski definition) is 2. The minimum absolute atomic E-state index is 0.0155. The van der Waals surface area contributed by atoms with Crippen LogP contribution in [-0.2, 0) is 0 Å². The molecule has 2 aromatic carbocycles. The number of quaternary nitrogens is 1. The van der Waals surface area contributed by atoms with Crippen LogP contribution in [0.5, 0.6) is 0 Å². The highest BCUT2D eigenvalue weighted by molar-refractivity contribution is 6.30. The molecule has 0 fully saturated rings. The average molecular weight is 283 g/mol. The summed E-state index contributed by atoms with van der Waals surface area (Å²) in [6.07, 6.45) is 0.363. The van der Waals surface area contributed by atoms with Gasteiger partial charge in [0.1, 0.15) is 0 Å². The van der Waals surface area contributed by atoms with Crippen LogP contribution < -0.4 is 5.23 Å². The van der Waals surface area contributed by atoms with E-state index in [2.05, 4.69) is 0 Å². The van der Waals surface area contributed by atoms with Gasteiger partial charge in [0.2, 0.25) is 5.78 Å². The fourth-order valence-corrected chi connectivity index (χ4v) is 2.53. The summed E-state index contributed by atoms with van der Waals surface area (Å²) in [4.78, 5) is 35.9. The van der Waals surface area contributed by atoms with Gasteiger partial charge in [0.25, 0.3) is 0 Å². The zero-order valence-electron chi connectivity index (χ0n) is 10.6. The predicted octanol–water partition coefficient (Wildman–Crippen LogP) is 0.678. The lowest BCUT2D eigenvalue weighted by Gasteiger charge is -2.22. The molecule has 21 heavy (non-hydrogen) atoms. The number of fused-ring (bicyclic) bond motifs is 2. The summed E-state index contributed by atoms with van der Waals surface area (Å²) >= 11 is 0. The van der Waals surface area contributed by atoms with Crippen molar-refractivity contribution in [3.8, 4) is 0 Å². The molecule has 6 heteroatoms. The molecule has 0 radical (unpaired) electrons. The van der Waals surface area contributed by atoms with Crippen molar-refractivity contribution in [2.45, 2.75) is 0 Å². The highest BCUT2D eigenvalue weighted by Gasteiger charge is 2.35. The van der Waals surface area contributed by atoms with Gasteiger partial charge in [-0.15, -0.1) is 0 Å². The van der Waals surface area contributed by atoms with E-state index in [9.17, 15) is 24.8 Å².